The molecule has 1 heterocycles. The molecule has 0 bridgehead atoms. The molecule has 1 aromatic rings. The zero-order chi connectivity index (χ0) is 18.6. The number of fused-ring (bicyclic) bond motifs is 1. The average molecular weight is 347 g/mol. The van der Waals surface area contributed by atoms with Crippen LogP contribution >= 0.6 is 0 Å². The summed E-state index contributed by atoms with van der Waals surface area (Å²) in [5.74, 6) is -0.875. The summed E-state index contributed by atoms with van der Waals surface area (Å²) >= 11 is 0. The number of carboxylic acids is 1. The van der Waals surface area contributed by atoms with Gasteiger partial charge in [-0.3, -0.25) is 9.59 Å². The van der Waals surface area contributed by atoms with Crippen molar-refractivity contribution in [2.45, 2.75) is 52.0 Å². The molecule has 7 heteroatoms. The Morgan fingerprint density at radius 1 is 1.28 bits per heavy atom. The number of nitrogens with one attached hydrogen (secondary N) is 2. The summed E-state index contributed by atoms with van der Waals surface area (Å²) in [5, 5.41) is 14.3. The lowest BCUT2D eigenvalue weighted by Gasteiger charge is -2.29. The van der Waals surface area contributed by atoms with Crippen LogP contribution in [0.15, 0.2) is 18.2 Å². The molecule has 0 fully saturated rings. The van der Waals surface area contributed by atoms with E-state index in [0.717, 1.165) is 24.1 Å². The molecule has 0 aliphatic carbocycles. The third kappa shape index (κ3) is 5.20. The molecule has 0 saturated carbocycles. The molecule has 2 rings (SSSR count). The van der Waals surface area contributed by atoms with E-state index in [0.29, 0.717) is 18.7 Å². The molecule has 3 N–H and O–H groups in total. The van der Waals surface area contributed by atoms with E-state index >= 15 is 0 Å². The van der Waals surface area contributed by atoms with Crippen LogP contribution in [-0.2, 0) is 16.0 Å². The summed E-state index contributed by atoms with van der Waals surface area (Å²) in [5.41, 5.74) is 1.95. The number of hydrogen-bond acceptors (Lipinski definition) is 3. The second-order valence-corrected chi connectivity index (χ2v) is 6.97. The number of carbonyl (C=O) groups is 3. The fourth-order valence-electron chi connectivity index (χ4n) is 2.95. The van der Waals surface area contributed by atoms with Crippen LogP contribution in [0.25, 0.3) is 0 Å². The molecule has 7 nitrogen and oxygen atoms in total. The Kier molecular flexibility index (Phi) is 5.66. The lowest BCUT2D eigenvalue weighted by molar-refractivity contribution is -0.137. The van der Waals surface area contributed by atoms with Crippen molar-refractivity contribution in [1.29, 1.82) is 0 Å². The maximum Gasteiger partial charge on any atom is 0.319 e. The Morgan fingerprint density at radius 2 is 2.00 bits per heavy atom. The number of carbonyl (C=O) groups excluding carboxylic acids is 2. The highest BCUT2D eigenvalue weighted by molar-refractivity contribution is 5.94. The number of hydrogen-bond donors (Lipinski definition) is 3. The molecule has 25 heavy (non-hydrogen) atoms. The number of nitrogens with zero attached hydrogens (tertiary/aromatic N) is 1. The maximum atomic E-state index is 12.2. The molecule has 1 aliphatic rings. The van der Waals surface area contributed by atoms with Gasteiger partial charge in [0, 0.05) is 36.8 Å². The van der Waals surface area contributed by atoms with E-state index in [2.05, 4.69) is 10.6 Å². The minimum Gasteiger partial charge on any atom is -0.481 e. The van der Waals surface area contributed by atoms with Crippen LogP contribution in [0, 0.1) is 0 Å². The largest absolute Gasteiger partial charge is 0.481 e. The van der Waals surface area contributed by atoms with Gasteiger partial charge in [0.2, 0.25) is 5.91 Å². The summed E-state index contributed by atoms with van der Waals surface area (Å²) in [6.45, 7) is 5.83. The quantitative estimate of drug-likeness (QED) is 0.762. The molecule has 136 valence electrons. The lowest BCUT2D eigenvalue weighted by atomic mass is 9.99. The minimum atomic E-state index is -0.889. The Morgan fingerprint density at radius 3 is 2.64 bits per heavy atom. The van der Waals surface area contributed by atoms with Crippen molar-refractivity contribution in [2.24, 2.45) is 0 Å². The van der Waals surface area contributed by atoms with Gasteiger partial charge in [-0.05, 0) is 56.9 Å². The zero-order valence-corrected chi connectivity index (χ0v) is 14.9. The first-order chi connectivity index (χ1) is 11.7. The highest BCUT2D eigenvalue weighted by Gasteiger charge is 2.23. The third-order valence-electron chi connectivity index (χ3n) is 4.25. The number of urea groups is 1. The number of rotatable bonds is 5. The van der Waals surface area contributed by atoms with Gasteiger partial charge in [0.25, 0.3) is 0 Å². The first-order valence-electron chi connectivity index (χ1n) is 8.40. The molecule has 1 aliphatic heterocycles. The Balaban J connectivity index is 2.02. The molecule has 1 aromatic carbocycles. The zero-order valence-electron chi connectivity index (χ0n) is 14.9. The number of anilines is 2. The number of benzene rings is 1. The molecule has 0 atom stereocenters. The van der Waals surface area contributed by atoms with E-state index in [9.17, 15) is 14.4 Å². The predicted octanol–water partition coefficient (Wildman–Crippen LogP) is 2.75. The van der Waals surface area contributed by atoms with Gasteiger partial charge < -0.3 is 20.6 Å². The summed E-state index contributed by atoms with van der Waals surface area (Å²) in [6.07, 6.45) is 2.09. The van der Waals surface area contributed by atoms with Crippen molar-refractivity contribution in [1.82, 2.24) is 5.32 Å². The maximum absolute atomic E-state index is 12.2. The normalized spacial score (nSPS) is 13.8. The van der Waals surface area contributed by atoms with Crippen LogP contribution in [0.5, 0.6) is 0 Å². The smallest absolute Gasteiger partial charge is 0.319 e. The first kappa shape index (κ1) is 18.8. The Hall–Kier alpha value is -2.57. The van der Waals surface area contributed by atoms with Crippen LogP contribution < -0.4 is 15.5 Å². The summed E-state index contributed by atoms with van der Waals surface area (Å²) in [4.78, 5) is 36.3. The summed E-state index contributed by atoms with van der Waals surface area (Å²) < 4.78 is 0. The molecule has 3 amide bonds. The third-order valence-corrected chi connectivity index (χ3v) is 4.25. The van der Waals surface area contributed by atoms with Gasteiger partial charge in [-0.25, -0.2) is 4.79 Å². The van der Waals surface area contributed by atoms with Gasteiger partial charge in [-0.2, -0.15) is 0 Å². The molecule has 0 spiro atoms. The Labute approximate surface area is 147 Å². The van der Waals surface area contributed by atoms with E-state index in [1.807, 2.05) is 12.1 Å². The highest BCUT2D eigenvalue weighted by Crippen LogP contribution is 2.29. The Bertz CT molecular complexity index is 685. The van der Waals surface area contributed by atoms with Crippen molar-refractivity contribution in [3.8, 4) is 0 Å². The van der Waals surface area contributed by atoms with Gasteiger partial charge >= 0.3 is 12.0 Å². The minimum absolute atomic E-state index is 0.00694. The van der Waals surface area contributed by atoms with Crippen molar-refractivity contribution in [2.75, 3.05) is 16.8 Å². The lowest BCUT2D eigenvalue weighted by Crippen LogP contribution is -2.45. The van der Waals surface area contributed by atoms with E-state index in [1.165, 1.54) is 0 Å². The SMILES string of the molecule is CC(=O)N1CCCc2cc(NC(=O)NC(C)(C)CCC(=O)O)ccc21. The number of amides is 3. The highest BCUT2D eigenvalue weighted by atomic mass is 16.4. The van der Waals surface area contributed by atoms with E-state index in [4.69, 9.17) is 5.11 Å². The first-order valence-corrected chi connectivity index (χ1v) is 8.40. The summed E-state index contributed by atoms with van der Waals surface area (Å²) in [6, 6.07) is 5.12. The standard InChI is InChI=1S/C18H25N3O4/c1-12(22)21-10-4-5-13-11-14(6-7-15(13)21)19-17(25)20-18(2,3)9-8-16(23)24/h6-7,11H,4-5,8-10H2,1-3H3,(H,23,24)(H2,19,20,25). The van der Waals surface area contributed by atoms with Crippen LogP contribution in [0.2, 0.25) is 0 Å². The van der Waals surface area contributed by atoms with Crippen LogP contribution in [0.1, 0.15) is 45.6 Å². The molecule has 0 radical (unpaired) electrons. The number of carboxylic acid groups (broad SMARTS) is 1. The van der Waals surface area contributed by atoms with Gasteiger partial charge in [-0.15, -0.1) is 0 Å². The monoisotopic (exact) mass is 347 g/mol. The van der Waals surface area contributed by atoms with Crippen molar-refractivity contribution in [3.63, 3.8) is 0 Å². The van der Waals surface area contributed by atoms with E-state index < -0.39 is 11.5 Å². The van der Waals surface area contributed by atoms with Crippen LogP contribution in [-0.4, -0.2) is 35.1 Å². The molecular weight excluding hydrogens is 322 g/mol. The second-order valence-electron chi connectivity index (χ2n) is 6.97. The molecule has 0 aromatic heterocycles. The second kappa shape index (κ2) is 7.55. The molecule has 0 unspecified atom stereocenters. The van der Waals surface area contributed by atoms with Gasteiger partial charge in [0.1, 0.15) is 0 Å². The van der Waals surface area contributed by atoms with Gasteiger partial charge in [0.05, 0.1) is 0 Å². The predicted molar refractivity (Wildman–Crippen MR) is 95.9 cm³/mol. The van der Waals surface area contributed by atoms with E-state index in [-0.39, 0.29) is 18.4 Å². The molecular formula is C18H25N3O4. The van der Waals surface area contributed by atoms with Crippen LogP contribution in [0.3, 0.4) is 0 Å². The van der Waals surface area contributed by atoms with Crippen LogP contribution in [0.4, 0.5) is 16.2 Å². The molecule has 0 saturated heterocycles. The van der Waals surface area contributed by atoms with Gasteiger partial charge in [-0.1, -0.05) is 0 Å². The van der Waals surface area contributed by atoms with Gasteiger partial charge in [0.15, 0.2) is 0 Å². The van der Waals surface area contributed by atoms with Crippen molar-refractivity contribution in [3.05, 3.63) is 23.8 Å². The van der Waals surface area contributed by atoms with Crippen molar-refractivity contribution < 1.29 is 19.5 Å². The average Bonchev–Trinajstić information content (AvgIpc) is 2.51. The fourth-order valence-corrected chi connectivity index (χ4v) is 2.95. The number of aliphatic carboxylic acids is 1. The number of aryl methyl sites for hydroxylation is 1. The fraction of sp³-hybridized carbons (Fsp3) is 0.500. The topological polar surface area (TPSA) is 98.7 Å². The van der Waals surface area contributed by atoms with Crippen molar-refractivity contribution >= 4 is 29.3 Å². The summed E-state index contributed by atoms with van der Waals surface area (Å²) in [7, 11) is 0. The van der Waals surface area contributed by atoms with E-state index in [1.54, 1.807) is 31.7 Å².